The Morgan fingerprint density at radius 3 is 2.72 bits per heavy atom. The second-order valence-corrected chi connectivity index (χ2v) is 6.38. The fraction of sp³-hybridized carbons (Fsp3) is 0.250. The fourth-order valence-electron chi connectivity index (χ4n) is 3.51. The van der Waals surface area contributed by atoms with E-state index < -0.39 is 0 Å². The van der Waals surface area contributed by atoms with Gasteiger partial charge < -0.3 is 10.2 Å². The predicted octanol–water partition coefficient (Wildman–Crippen LogP) is 3.54. The first-order chi connectivity index (χ1) is 12.2. The van der Waals surface area contributed by atoms with Crippen LogP contribution in [0.5, 0.6) is 0 Å². The molecule has 2 aromatic carbocycles. The number of anilines is 2. The van der Waals surface area contributed by atoms with Gasteiger partial charge >= 0.3 is 0 Å². The van der Waals surface area contributed by atoms with E-state index in [-0.39, 0.29) is 24.3 Å². The SMILES string of the molecule is O=C(CN1C(=O)[C@@H]2CCCC2=Nc2ccccc21)Nc1ccccc1. The molecule has 0 unspecified atom stereocenters. The van der Waals surface area contributed by atoms with E-state index in [0.29, 0.717) is 5.69 Å². The molecule has 2 amide bonds. The summed E-state index contributed by atoms with van der Waals surface area (Å²) in [6, 6.07) is 16.8. The Hall–Kier alpha value is -2.95. The zero-order valence-electron chi connectivity index (χ0n) is 13.8. The largest absolute Gasteiger partial charge is 0.325 e. The fourth-order valence-corrected chi connectivity index (χ4v) is 3.51. The third-order valence-electron chi connectivity index (χ3n) is 4.69. The highest BCUT2D eigenvalue weighted by molar-refractivity contribution is 6.16. The molecule has 0 bridgehead atoms. The van der Waals surface area contributed by atoms with Crippen LogP contribution < -0.4 is 10.2 Å². The smallest absolute Gasteiger partial charge is 0.244 e. The van der Waals surface area contributed by atoms with Crippen molar-refractivity contribution in [1.82, 2.24) is 0 Å². The van der Waals surface area contributed by atoms with Gasteiger partial charge in [0, 0.05) is 11.4 Å². The van der Waals surface area contributed by atoms with Crippen molar-refractivity contribution in [2.75, 3.05) is 16.8 Å². The van der Waals surface area contributed by atoms with Gasteiger partial charge in [-0.3, -0.25) is 14.6 Å². The van der Waals surface area contributed by atoms with Crippen LogP contribution in [0.3, 0.4) is 0 Å². The van der Waals surface area contributed by atoms with Crippen molar-refractivity contribution >= 4 is 34.6 Å². The maximum Gasteiger partial charge on any atom is 0.244 e. The van der Waals surface area contributed by atoms with Gasteiger partial charge in [-0.15, -0.1) is 0 Å². The second-order valence-electron chi connectivity index (χ2n) is 6.38. The minimum Gasteiger partial charge on any atom is -0.325 e. The van der Waals surface area contributed by atoms with E-state index in [0.717, 1.165) is 36.3 Å². The third kappa shape index (κ3) is 3.05. The second kappa shape index (κ2) is 6.51. The molecule has 0 spiro atoms. The van der Waals surface area contributed by atoms with Crippen LogP contribution in [0.1, 0.15) is 19.3 Å². The molecule has 0 saturated heterocycles. The highest BCUT2D eigenvalue weighted by Gasteiger charge is 2.36. The van der Waals surface area contributed by atoms with Crippen molar-refractivity contribution in [3.8, 4) is 0 Å². The minimum atomic E-state index is -0.212. The van der Waals surface area contributed by atoms with Crippen LogP contribution in [0.4, 0.5) is 17.1 Å². The molecule has 4 rings (SSSR count). The number of hydrogen-bond donors (Lipinski definition) is 1. The van der Waals surface area contributed by atoms with E-state index in [1.54, 1.807) is 4.90 Å². The standard InChI is InChI=1S/C20H19N3O2/c24-19(21-14-7-2-1-3-8-14)13-23-18-12-5-4-10-17(18)22-16-11-6-9-15(16)20(23)25/h1-5,7-8,10,12,15H,6,9,11,13H2,(H,21,24)/t15-/m1/s1. The number of carbonyl (C=O) groups excluding carboxylic acids is 2. The molecule has 1 saturated carbocycles. The van der Waals surface area contributed by atoms with Crippen LogP contribution in [-0.4, -0.2) is 24.1 Å². The van der Waals surface area contributed by atoms with Crippen LogP contribution in [0, 0.1) is 5.92 Å². The normalized spacial score (nSPS) is 18.9. The Kier molecular flexibility index (Phi) is 4.06. The number of carbonyl (C=O) groups is 2. The Balaban J connectivity index is 1.62. The summed E-state index contributed by atoms with van der Waals surface area (Å²) in [5.41, 5.74) is 3.14. The molecule has 126 valence electrons. The summed E-state index contributed by atoms with van der Waals surface area (Å²) >= 11 is 0. The van der Waals surface area contributed by atoms with Gasteiger partial charge in [-0.1, -0.05) is 30.3 Å². The molecule has 1 atom stereocenters. The van der Waals surface area contributed by atoms with Crippen molar-refractivity contribution in [3.63, 3.8) is 0 Å². The topological polar surface area (TPSA) is 61.8 Å². The average Bonchev–Trinajstić information content (AvgIpc) is 3.05. The highest BCUT2D eigenvalue weighted by Crippen LogP contribution is 2.37. The molecule has 1 fully saturated rings. The summed E-state index contributed by atoms with van der Waals surface area (Å²) in [5, 5.41) is 2.85. The van der Waals surface area contributed by atoms with Crippen molar-refractivity contribution in [2.24, 2.45) is 10.9 Å². The molecular weight excluding hydrogens is 314 g/mol. The number of para-hydroxylation sites is 3. The summed E-state index contributed by atoms with van der Waals surface area (Å²) in [5.74, 6) is -0.433. The monoisotopic (exact) mass is 333 g/mol. The third-order valence-corrected chi connectivity index (χ3v) is 4.69. The van der Waals surface area contributed by atoms with Crippen molar-refractivity contribution < 1.29 is 9.59 Å². The number of nitrogens with one attached hydrogen (secondary N) is 1. The van der Waals surface area contributed by atoms with Crippen LogP contribution in [-0.2, 0) is 9.59 Å². The number of fused-ring (bicyclic) bond motifs is 2. The zero-order chi connectivity index (χ0) is 17.2. The van der Waals surface area contributed by atoms with Crippen LogP contribution in [0.15, 0.2) is 59.6 Å². The minimum absolute atomic E-state index is 0.00988. The summed E-state index contributed by atoms with van der Waals surface area (Å²) in [7, 11) is 0. The summed E-state index contributed by atoms with van der Waals surface area (Å²) in [6.45, 7) is -0.00988. The first-order valence-electron chi connectivity index (χ1n) is 8.55. The quantitative estimate of drug-likeness (QED) is 0.934. The van der Waals surface area contributed by atoms with E-state index in [1.807, 2.05) is 54.6 Å². The van der Waals surface area contributed by atoms with Gasteiger partial charge in [0.1, 0.15) is 6.54 Å². The van der Waals surface area contributed by atoms with Crippen molar-refractivity contribution in [2.45, 2.75) is 19.3 Å². The maximum atomic E-state index is 13.0. The van der Waals surface area contributed by atoms with Crippen molar-refractivity contribution in [3.05, 3.63) is 54.6 Å². The molecule has 2 aliphatic rings. The van der Waals surface area contributed by atoms with E-state index in [9.17, 15) is 9.59 Å². The lowest BCUT2D eigenvalue weighted by Crippen LogP contribution is -2.41. The van der Waals surface area contributed by atoms with Crippen LogP contribution in [0.25, 0.3) is 0 Å². The van der Waals surface area contributed by atoms with Gasteiger partial charge in [0.2, 0.25) is 11.8 Å². The molecule has 25 heavy (non-hydrogen) atoms. The van der Waals surface area contributed by atoms with Gasteiger partial charge in [0.25, 0.3) is 0 Å². The van der Waals surface area contributed by atoms with Crippen LogP contribution in [0.2, 0.25) is 0 Å². The zero-order valence-corrected chi connectivity index (χ0v) is 13.8. The molecule has 5 nitrogen and oxygen atoms in total. The van der Waals surface area contributed by atoms with Gasteiger partial charge in [-0.25, -0.2) is 0 Å². The predicted molar refractivity (Wildman–Crippen MR) is 98.3 cm³/mol. The van der Waals surface area contributed by atoms with Gasteiger partial charge in [-0.05, 0) is 43.5 Å². The Morgan fingerprint density at radius 2 is 1.88 bits per heavy atom. The summed E-state index contributed by atoms with van der Waals surface area (Å²) < 4.78 is 0. The molecule has 1 aliphatic heterocycles. The van der Waals surface area contributed by atoms with E-state index >= 15 is 0 Å². The number of amides is 2. The maximum absolute atomic E-state index is 13.0. The summed E-state index contributed by atoms with van der Waals surface area (Å²) in [4.78, 5) is 31.8. The first-order valence-corrected chi connectivity index (χ1v) is 8.55. The molecular formula is C20H19N3O2. The molecule has 1 aliphatic carbocycles. The lowest BCUT2D eigenvalue weighted by Gasteiger charge is -2.24. The van der Waals surface area contributed by atoms with Crippen molar-refractivity contribution in [1.29, 1.82) is 0 Å². The molecule has 0 aromatic heterocycles. The number of aliphatic imine (C=N–C) groups is 1. The molecule has 2 aromatic rings. The number of nitrogens with zero attached hydrogens (tertiary/aromatic N) is 2. The van der Waals surface area contributed by atoms with E-state index in [1.165, 1.54) is 0 Å². The van der Waals surface area contributed by atoms with Gasteiger partial charge in [0.05, 0.1) is 17.3 Å². The lowest BCUT2D eigenvalue weighted by molar-refractivity contribution is -0.122. The number of rotatable bonds is 3. The van der Waals surface area contributed by atoms with E-state index in [4.69, 9.17) is 4.99 Å². The van der Waals surface area contributed by atoms with Gasteiger partial charge in [-0.2, -0.15) is 0 Å². The molecule has 0 radical (unpaired) electrons. The molecule has 1 N–H and O–H groups in total. The lowest BCUT2D eigenvalue weighted by atomic mass is 10.1. The van der Waals surface area contributed by atoms with Gasteiger partial charge in [0.15, 0.2) is 0 Å². The molecule has 1 heterocycles. The Morgan fingerprint density at radius 1 is 1.12 bits per heavy atom. The Labute approximate surface area is 146 Å². The molecule has 5 heteroatoms. The number of hydrogen-bond acceptors (Lipinski definition) is 3. The van der Waals surface area contributed by atoms with E-state index in [2.05, 4.69) is 5.32 Å². The van der Waals surface area contributed by atoms with Crippen LogP contribution >= 0.6 is 0 Å². The summed E-state index contributed by atoms with van der Waals surface area (Å²) in [6.07, 6.45) is 2.64. The average molecular weight is 333 g/mol. The Bertz CT molecular complexity index is 845. The number of benzene rings is 2. The first kappa shape index (κ1) is 15.6. The highest BCUT2D eigenvalue weighted by atomic mass is 16.2.